The molecule has 0 heterocycles. The molecule has 0 amide bonds. The molecule has 0 N–H and O–H groups in total. The molecule has 11 heavy (non-hydrogen) atoms. The summed E-state index contributed by atoms with van der Waals surface area (Å²) in [6, 6.07) is 7.26. The van der Waals surface area contributed by atoms with E-state index < -0.39 is 0 Å². The highest BCUT2D eigenvalue weighted by Crippen LogP contribution is 2.21. The van der Waals surface area contributed by atoms with Gasteiger partial charge in [0.2, 0.25) is 0 Å². The van der Waals surface area contributed by atoms with Gasteiger partial charge in [-0.1, -0.05) is 30.9 Å². The molecule has 2 nitrogen and oxygen atoms in total. The molecule has 1 aromatic rings. The van der Waals surface area contributed by atoms with E-state index in [1.54, 1.807) is 12.1 Å². The number of hydrogen-bond acceptors (Lipinski definition) is 2. The smallest absolute Gasteiger partial charge is 0.395 e. The molecule has 0 aliphatic heterocycles. The molecule has 0 saturated carbocycles. The Morgan fingerprint density at radius 2 is 2.18 bits per heavy atom. The van der Waals surface area contributed by atoms with Crippen LogP contribution >= 0.6 is 8.69 Å². The topological polar surface area (TPSA) is 26.3 Å². The van der Waals surface area contributed by atoms with Crippen molar-refractivity contribution in [2.45, 2.75) is 0 Å². The van der Waals surface area contributed by atoms with Crippen molar-refractivity contribution < 1.29 is 9.09 Å². The third-order valence-corrected chi connectivity index (χ3v) is 1.55. The summed E-state index contributed by atoms with van der Waals surface area (Å²) in [7, 11) is -0.338. The highest BCUT2D eigenvalue weighted by molar-refractivity contribution is 7.17. The Morgan fingerprint density at radius 3 is 2.82 bits per heavy atom. The van der Waals surface area contributed by atoms with Crippen molar-refractivity contribution >= 4 is 14.8 Å². The average Bonchev–Trinajstić information content (AvgIpc) is 2.06. The fourth-order valence-corrected chi connectivity index (χ4v) is 1.02. The van der Waals surface area contributed by atoms with Crippen molar-refractivity contribution in [3.63, 3.8) is 0 Å². The van der Waals surface area contributed by atoms with Crippen LogP contribution in [0.5, 0.6) is 5.75 Å². The highest BCUT2D eigenvalue weighted by atomic mass is 31.1. The maximum atomic E-state index is 10.1. The molecular weight excluding hydrogens is 159 g/mol. The fraction of sp³-hybridized carbons (Fsp3) is 0. The van der Waals surface area contributed by atoms with Crippen LogP contribution in [0.2, 0.25) is 0 Å². The lowest BCUT2D eigenvalue weighted by Crippen LogP contribution is -1.78. The van der Waals surface area contributed by atoms with E-state index in [1.807, 2.05) is 18.2 Å². The lowest BCUT2D eigenvalue weighted by atomic mass is 10.2. The monoisotopic (exact) mass is 166 g/mol. The zero-order valence-electron chi connectivity index (χ0n) is 5.86. The molecule has 0 atom stereocenters. The van der Waals surface area contributed by atoms with Crippen LogP contribution < -0.4 is 4.52 Å². The van der Waals surface area contributed by atoms with Crippen LogP contribution in [-0.2, 0) is 4.57 Å². The third kappa shape index (κ3) is 1.89. The zero-order chi connectivity index (χ0) is 8.10. The second-order valence-corrected chi connectivity index (χ2v) is 2.24. The van der Waals surface area contributed by atoms with Gasteiger partial charge in [-0.3, -0.25) is 0 Å². The van der Waals surface area contributed by atoms with E-state index in [2.05, 4.69) is 6.58 Å². The molecule has 0 aromatic heterocycles. The Labute approximate surface area is 66.8 Å². The molecule has 0 fully saturated rings. The Kier molecular flexibility index (Phi) is 2.82. The maximum Gasteiger partial charge on any atom is 0.395 e. The van der Waals surface area contributed by atoms with Crippen LogP contribution in [-0.4, -0.2) is 0 Å². The van der Waals surface area contributed by atoms with Gasteiger partial charge < -0.3 is 4.52 Å². The first-order valence-electron chi connectivity index (χ1n) is 3.09. The highest BCUT2D eigenvalue weighted by Gasteiger charge is 1.96. The number of hydrogen-bond donors (Lipinski definition) is 0. The zero-order valence-corrected chi connectivity index (χ0v) is 6.75. The van der Waals surface area contributed by atoms with Crippen molar-refractivity contribution in [1.82, 2.24) is 0 Å². The minimum Gasteiger partial charge on any atom is -0.407 e. The van der Waals surface area contributed by atoms with Gasteiger partial charge in [0.05, 0.1) is 0 Å². The summed E-state index contributed by atoms with van der Waals surface area (Å²) in [4.78, 5) is 0. The van der Waals surface area contributed by atoms with Crippen molar-refractivity contribution in [2.24, 2.45) is 0 Å². The van der Waals surface area contributed by atoms with E-state index >= 15 is 0 Å². The van der Waals surface area contributed by atoms with Gasteiger partial charge in [0.15, 0.2) is 0 Å². The summed E-state index contributed by atoms with van der Waals surface area (Å²) >= 11 is 0. The van der Waals surface area contributed by atoms with E-state index in [4.69, 9.17) is 4.52 Å². The first-order valence-corrected chi connectivity index (χ1v) is 3.82. The lowest BCUT2D eigenvalue weighted by Gasteiger charge is -1.99. The normalized spacial score (nSPS) is 9.45. The van der Waals surface area contributed by atoms with E-state index in [1.165, 1.54) is 0 Å². The van der Waals surface area contributed by atoms with Crippen LogP contribution in [0.1, 0.15) is 5.56 Å². The minimum atomic E-state index is -0.338. The number of benzene rings is 1. The Bertz CT molecular complexity index is 271. The minimum absolute atomic E-state index is 0.338. The molecule has 0 aliphatic carbocycles. The van der Waals surface area contributed by atoms with Gasteiger partial charge in [-0.15, -0.1) is 0 Å². The van der Waals surface area contributed by atoms with Crippen LogP contribution in [0.15, 0.2) is 30.8 Å². The van der Waals surface area contributed by atoms with Gasteiger partial charge in [0.25, 0.3) is 0 Å². The van der Waals surface area contributed by atoms with Gasteiger partial charge in [0.1, 0.15) is 5.75 Å². The molecule has 0 unspecified atom stereocenters. The van der Waals surface area contributed by atoms with Gasteiger partial charge in [0, 0.05) is 5.56 Å². The summed E-state index contributed by atoms with van der Waals surface area (Å²) < 4.78 is 14.9. The summed E-state index contributed by atoms with van der Waals surface area (Å²) in [5.41, 5.74) is 0.843. The lowest BCUT2D eigenvalue weighted by molar-refractivity contribution is 0.524. The molecule has 0 spiro atoms. The third-order valence-electron chi connectivity index (χ3n) is 1.27. The summed E-state index contributed by atoms with van der Waals surface area (Å²) in [5, 5.41) is 0. The SMILES string of the molecule is C=Cc1ccccc1OP=O. The first-order chi connectivity index (χ1) is 5.38. The van der Waals surface area contributed by atoms with Crippen LogP contribution in [0.3, 0.4) is 0 Å². The molecule has 0 bridgehead atoms. The van der Waals surface area contributed by atoms with Crippen LogP contribution in [0.25, 0.3) is 6.08 Å². The molecule has 0 aliphatic rings. The second kappa shape index (κ2) is 3.89. The summed E-state index contributed by atoms with van der Waals surface area (Å²) in [5.74, 6) is 0.583. The van der Waals surface area contributed by atoms with Crippen molar-refractivity contribution in [3.05, 3.63) is 36.4 Å². The maximum absolute atomic E-state index is 10.1. The standard InChI is InChI=1S/C8H7O2P/c1-2-7-5-3-4-6-8(7)10-11-9/h2-6H,1H2. The first kappa shape index (κ1) is 7.96. The molecule has 1 aromatic carbocycles. The van der Waals surface area contributed by atoms with Gasteiger partial charge in [-0.2, -0.15) is 0 Å². The largest absolute Gasteiger partial charge is 0.407 e. The molecule has 1 rings (SSSR count). The molecule has 0 radical (unpaired) electrons. The van der Waals surface area contributed by atoms with E-state index in [0.717, 1.165) is 5.56 Å². The summed E-state index contributed by atoms with van der Waals surface area (Å²) in [6.45, 7) is 3.59. The van der Waals surface area contributed by atoms with Gasteiger partial charge in [-0.25, -0.2) is 4.57 Å². The molecule has 3 heteroatoms. The Morgan fingerprint density at radius 1 is 1.45 bits per heavy atom. The van der Waals surface area contributed by atoms with Crippen LogP contribution in [0, 0.1) is 0 Å². The van der Waals surface area contributed by atoms with Crippen LogP contribution in [0.4, 0.5) is 0 Å². The Hall–Kier alpha value is -1.14. The van der Waals surface area contributed by atoms with E-state index in [-0.39, 0.29) is 8.69 Å². The fourth-order valence-electron chi connectivity index (χ4n) is 0.772. The van der Waals surface area contributed by atoms with Crippen molar-refractivity contribution in [3.8, 4) is 5.75 Å². The summed E-state index contributed by atoms with van der Waals surface area (Å²) in [6.07, 6.45) is 1.65. The quantitative estimate of drug-likeness (QED) is 0.645. The molecular formula is C8H7O2P. The molecule has 56 valence electrons. The average molecular weight is 166 g/mol. The van der Waals surface area contributed by atoms with Crippen molar-refractivity contribution in [2.75, 3.05) is 0 Å². The molecule has 0 saturated heterocycles. The number of para-hydroxylation sites is 1. The van der Waals surface area contributed by atoms with Gasteiger partial charge >= 0.3 is 8.69 Å². The van der Waals surface area contributed by atoms with E-state index in [9.17, 15) is 4.57 Å². The number of rotatable bonds is 3. The van der Waals surface area contributed by atoms with Gasteiger partial charge in [-0.05, 0) is 6.07 Å². The second-order valence-electron chi connectivity index (χ2n) is 1.91. The Balaban J connectivity index is 3.01. The predicted octanol–water partition coefficient (Wildman–Crippen LogP) is 2.92. The van der Waals surface area contributed by atoms with E-state index in [0.29, 0.717) is 5.75 Å². The van der Waals surface area contributed by atoms with Crippen molar-refractivity contribution in [1.29, 1.82) is 0 Å². The predicted molar refractivity (Wildman–Crippen MR) is 44.8 cm³/mol.